The molecule has 3 heterocycles. The molecule has 1 amide bonds. The maximum absolute atomic E-state index is 13.4. The summed E-state index contributed by atoms with van der Waals surface area (Å²) >= 11 is 0. The van der Waals surface area contributed by atoms with Gasteiger partial charge in [0, 0.05) is 67.0 Å². The number of hydrogen-bond acceptors (Lipinski definition) is 6. The number of piperazine rings is 1. The van der Waals surface area contributed by atoms with Crippen molar-refractivity contribution in [3.05, 3.63) is 76.1 Å². The van der Waals surface area contributed by atoms with E-state index in [2.05, 4.69) is 9.97 Å². The number of nitro groups is 1. The number of para-hydroxylation sites is 1. The molecule has 0 radical (unpaired) electrons. The number of pyridine rings is 1. The van der Waals surface area contributed by atoms with Crippen LogP contribution in [0, 0.1) is 17.0 Å². The third-order valence-electron chi connectivity index (χ3n) is 6.06. The van der Waals surface area contributed by atoms with Crippen molar-refractivity contribution in [1.29, 1.82) is 0 Å². The van der Waals surface area contributed by atoms with Crippen LogP contribution in [0.25, 0.3) is 21.8 Å². The number of sulfonamides is 1. The number of hydrogen-bond donors (Lipinski definition) is 1. The summed E-state index contributed by atoms with van der Waals surface area (Å²) in [5, 5.41) is 12.3. The Balaban J connectivity index is 1.37. The number of nitrogens with one attached hydrogen (secondary N) is 1. The molecule has 1 N–H and O–H groups in total. The zero-order valence-electron chi connectivity index (χ0n) is 18.3. The van der Waals surface area contributed by atoms with Crippen LogP contribution in [0.15, 0.2) is 59.8 Å². The lowest BCUT2D eigenvalue weighted by atomic mass is 10.1. The molecule has 0 bridgehead atoms. The molecule has 0 atom stereocenters. The Morgan fingerprint density at radius 1 is 1.12 bits per heavy atom. The number of amides is 1. The van der Waals surface area contributed by atoms with Gasteiger partial charge in [0.1, 0.15) is 4.90 Å². The molecule has 4 aromatic rings. The van der Waals surface area contributed by atoms with E-state index in [0.29, 0.717) is 22.0 Å². The molecule has 10 nitrogen and oxygen atoms in total. The fourth-order valence-corrected chi connectivity index (χ4v) is 5.88. The van der Waals surface area contributed by atoms with Crippen LogP contribution in [0.4, 0.5) is 5.69 Å². The first kappa shape index (κ1) is 22.0. The zero-order chi connectivity index (χ0) is 24.0. The van der Waals surface area contributed by atoms with E-state index in [1.165, 1.54) is 22.6 Å². The lowest BCUT2D eigenvalue weighted by Gasteiger charge is -2.34. The predicted molar refractivity (Wildman–Crippen MR) is 126 cm³/mol. The summed E-state index contributed by atoms with van der Waals surface area (Å²) in [5.74, 6) is -0.300. The summed E-state index contributed by atoms with van der Waals surface area (Å²) < 4.78 is 28.1. The van der Waals surface area contributed by atoms with Gasteiger partial charge in [0.15, 0.2) is 0 Å². The number of carbonyl (C=O) groups is 1. The second-order valence-electron chi connectivity index (χ2n) is 8.23. The van der Waals surface area contributed by atoms with E-state index >= 15 is 0 Å². The van der Waals surface area contributed by atoms with Gasteiger partial charge < -0.3 is 9.88 Å². The first-order valence-corrected chi connectivity index (χ1v) is 12.1. The minimum Gasteiger partial charge on any atom is -0.360 e. The smallest absolute Gasteiger partial charge is 0.270 e. The first-order chi connectivity index (χ1) is 16.3. The number of nitro benzene ring substituents is 1. The van der Waals surface area contributed by atoms with Crippen molar-refractivity contribution in [2.45, 2.75) is 11.8 Å². The Hall–Kier alpha value is -3.83. The molecule has 0 aliphatic carbocycles. The highest BCUT2D eigenvalue weighted by molar-refractivity contribution is 7.89. The summed E-state index contributed by atoms with van der Waals surface area (Å²) in [6.07, 6.45) is 3.17. The van der Waals surface area contributed by atoms with Crippen LogP contribution in [0.3, 0.4) is 0 Å². The van der Waals surface area contributed by atoms with Crippen molar-refractivity contribution in [2.75, 3.05) is 26.2 Å². The van der Waals surface area contributed by atoms with Crippen molar-refractivity contribution < 1.29 is 18.1 Å². The van der Waals surface area contributed by atoms with Gasteiger partial charge in [-0.3, -0.25) is 19.9 Å². The van der Waals surface area contributed by atoms with Crippen LogP contribution >= 0.6 is 0 Å². The van der Waals surface area contributed by atoms with Gasteiger partial charge in [-0.2, -0.15) is 4.31 Å². The lowest BCUT2D eigenvalue weighted by Crippen LogP contribution is -2.50. The fourth-order valence-electron chi connectivity index (χ4n) is 4.29. The molecule has 1 fully saturated rings. The fraction of sp³-hybridized carbons (Fsp3) is 0.217. The van der Waals surface area contributed by atoms with Crippen LogP contribution < -0.4 is 0 Å². The predicted octanol–water partition coefficient (Wildman–Crippen LogP) is 3.08. The molecule has 2 aromatic carbocycles. The molecule has 1 saturated heterocycles. The number of aromatic amines is 1. The quantitative estimate of drug-likeness (QED) is 0.354. The van der Waals surface area contributed by atoms with Gasteiger partial charge in [0.25, 0.3) is 11.6 Å². The van der Waals surface area contributed by atoms with Gasteiger partial charge in [-0.05, 0) is 30.7 Å². The zero-order valence-corrected chi connectivity index (χ0v) is 19.1. The monoisotopic (exact) mass is 479 g/mol. The molecule has 5 rings (SSSR count). The Morgan fingerprint density at radius 2 is 1.88 bits per heavy atom. The SMILES string of the molecule is Cc1cnc2c(S(=O)(=O)N3CCN(C(=O)c4c[nH]c5ccc([N+](=O)[O-])cc45)CC3)cccc2c1. The van der Waals surface area contributed by atoms with Crippen molar-refractivity contribution >= 4 is 43.4 Å². The second kappa shape index (κ2) is 8.19. The average Bonchev–Trinajstić information content (AvgIpc) is 3.26. The molecule has 1 aliphatic heterocycles. The Morgan fingerprint density at radius 3 is 2.62 bits per heavy atom. The molecule has 1 aliphatic rings. The van der Waals surface area contributed by atoms with Crippen LogP contribution in [0.1, 0.15) is 15.9 Å². The lowest BCUT2D eigenvalue weighted by molar-refractivity contribution is -0.384. The maximum atomic E-state index is 13.4. The number of rotatable bonds is 4. The standard InChI is InChI=1S/C23H21N5O5S/c1-15-11-16-3-2-4-21(22(16)25-13-15)34(32,33)27-9-7-26(8-10-27)23(29)19-14-24-20-6-5-17(28(30)31)12-18(19)20/h2-6,11-14,24H,7-10H2,1H3. The van der Waals surface area contributed by atoms with Gasteiger partial charge in [-0.25, -0.2) is 8.42 Å². The highest BCUT2D eigenvalue weighted by atomic mass is 32.2. The number of aromatic nitrogens is 2. The third kappa shape index (κ3) is 3.68. The summed E-state index contributed by atoms with van der Waals surface area (Å²) in [6, 6.07) is 11.3. The van der Waals surface area contributed by atoms with Crippen LogP contribution in [-0.2, 0) is 10.0 Å². The molecule has 11 heteroatoms. The summed E-state index contributed by atoms with van der Waals surface area (Å²) in [4.78, 5) is 32.8. The van der Waals surface area contributed by atoms with Crippen molar-refractivity contribution in [1.82, 2.24) is 19.2 Å². The summed E-state index contributed by atoms with van der Waals surface area (Å²) in [7, 11) is -3.80. The number of carbonyl (C=O) groups excluding carboxylic acids is 1. The van der Waals surface area contributed by atoms with Gasteiger partial charge >= 0.3 is 0 Å². The van der Waals surface area contributed by atoms with E-state index in [1.807, 2.05) is 19.1 Å². The number of H-pyrrole nitrogens is 1. The molecule has 0 saturated carbocycles. The van der Waals surface area contributed by atoms with Crippen LogP contribution in [0.2, 0.25) is 0 Å². The van der Waals surface area contributed by atoms with Crippen molar-refractivity contribution in [3.8, 4) is 0 Å². The van der Waals surface area contributed by atoms with Gasteiger partial charge in [0.05, 0.1) is 16.0 Å². The van der Waals surface area contributed by atoms with E-state index in [1.54, 1.807) is 29.3 Å². The largest absolute Gasteiger partial charge is 0.360 e. The number of fused-ring (bicyclic) bond motifs is 2. The Kier molecular flexibility index (Phi) is 5.29. The van der Waals surface area contributed by atoms with Gasteiger partial charge in [0.2, 0.25) is 10.0 Å². The summed E-state index contributed by atoms with van der Waals surface area (Å²) in [5.41, 5.74) is 2.21. The summed E-state index contributed by atoms with van der Waals surface area (Å²) in [6.45, 7) is 2.58. The average molecular weight is 480 g/mol. The first-order valence-electron chi connectivity index (χ1n) is 10.7. The molecule has 174 valence electrons. The van der Waals surface area contributed by atoms with Gasteiger partial charge in [-0.1, -0.05) is 12.1 Å². The van der Waals surface area contributed by atoms with E-state index in [9.17, 15) is 23.3 Å². The van der Waals surface area contributed by atoms with E-state index in [4.69, 9.17) is 0 Å². The molecular formula is C23H21N5O5S. The molecule has 0 spiro atoms. The number of aryl methyl sites for hydroxylation is 1. The van der Waals surface area contributed by atoms with E-state index in [-0.39, 0.29) is 42.7 Å². The van der Waals surface area contributed by atoms with Crippen molar-refractivity contribution in [2.24, 2.45) is 0 Å². The van der Waals surface area contributed by atoms with E-state index < -0.39 is 14.9 Å². The minimum atomic E-state index is -3.80. The normalized spacial score (nSPS) is 15.1. The molecule has 0 unspecified atom stereocenters. The van der Waals surface area contributed by atoms with Crippen LogP contribution in [0.5, 0.6) is 0 Å². The Labute approximate surface area is 195 Å². The Bertz CT molecular complexity index is 1550. The molecule has 34 heavy (non-hydrogen) atoms. The van der Waals surface area contributed by atoms with Gasteiger partial charge in [-0.15, -0.1) is 0 Å². The number of non-ortho nitro benzene ring substituents is 1. The second-order valence-corrected chi connectivity index (χ2v) is 10.1. The number of benzene rings is 2. The van der Waals surface area contributed by atoms with Crippen molar-refractivity contribution in [3.63, 3.8) is 0 Å². The molecule has 2 aromatic heterocycles. The maximum Gasteiger partial charge on any atom is 0.270 e. The highest BCUT2D eigenvalue weighted by Gasteiger charge is 2.32. The van der Waals surface area contributed by atoms with Crippen LogP contribution in [-0.4, -0.2) is 64.6 Å². The number of nitrogens with zero attached hydrogens (tertiary/aromatic N) is 4. The highest BCUT2D eigenvalue weighted by Crippen LogP contribution is 2.27. The topological polar surface area (TPSA) is 130 Å². The van der Waals surface area contributed by atoms with E-state index in [0.717, 1.165) is 10.9 Å². The molecular weight excluding hydrogens is 458 g/mol. The minimum absolute atomic E-state index is 0.101. The third-order valence-corrected chi connectivity index (χ3v) is 7.99.